The van der Waals surface area contributed by atoms with Crippen LogP contribution in [-0.2, 0) is 17.6 Å². The van der Waals surface area contributed by atoms with E-state index in [9.17, 15) is 4.79 Å². The summed E-state index contributed by atoms with van der Waals surface area (Å²) in [7, 11) is 3.43. The monoisotopic (exact) mass is 269 g/mol. The van der Waals surface area contributed by atoms with Crippen molar-refractivity contribution < 1.29 is 9.53 Å². The molecule has 0 spiro atoms. The Bertz CT molecular complexity index is 407. The lowest BCUT2D eigenvalue weighted by atomic mass is 10.0. The van der Waals surface area contributed by atoms with Gasteiger partial charge in [0.1, 0.15) is 11.6 Å². The molecule has 0 saturated carbocycles. The van der Waals surface area contributed by atoms with E-state index >= 15 is 0 Å². The van der Waals surface area contributed by atoms with Crippen LogP contribution in [0.15, 0.2) is 18.2 Å². The number of carbonyl (C=O) groups excluding carboxylic acids is 1. The van der Waals surface area contributed by atoms with Crippen molar-refractivity contribution in [1.82, 2.24) is 4.90 Å². The molecule has 0 fully saturated rings. The van der Waals surface area contributed by atoms with Gasteiger partial charge in [0.15, 0.2) is 0 Å². The second-order valence-corrected chi connectivity index (χ2v) is 4.47. The number of ether oxygens (including phenoxy) is 1. The number of benzene rings is 1. The molecule has 1 amide bonds. The van der Waals surface area contributed by atoms with E-state index in [2.05, 4.69) is 19.1 Å². The minimum atomic E-state index is -0.0534. The number of rotatable bonds is 6. The van der Waals surface area contributed by atoms with Crippen molar-refractivity contribution in [3.8, 4) is 5.75 Å². The van der Waals surface area contributed by atoms with Gasteiger partial charge in [-0.3, -0.25) is 4.79 Å². The minimum Gasteiger partial charge on any atom is -0.496 e. The van der Waals surface area contributed by atoms with Crippen molar-refractivity contribution >= 4 is 17.5 Å². The molecule has 1 rings (SSSR count). The lowest BCUT2D eigenvalue weighted by Crippen LogP contribution is -2.29. The van der Waals surface area contributed by atoms with Gasteiger partial charge in [-0.25, -0.2) is 0 Å². The zero-order chi connectivity index (χ0) is 13.5. The first-order chi connectivity index (χ1) is 8.62. The van der Waals surface area contributed by atoms with Crippen LogP contribution in [0.4, 0.5) is 0 Å². The Kier molecular flexibility index (Phi) is 5.99. The van der Waals surface area contributed by atoms with Crippen molar-refractivity contribution in [3.63, 3.8) is 0 Å². The molecule has 0 aliphatic rings. The predicted molar refractivity (Wildman–Crippen MR) is 74.4 cm³/mol. The lowest BCUT2D eigenvalue weighted by molar-refractivity contribution is -0.127. The van der Waals surface area contributed by atoms with E-state index in [0.717, 1.165) is 24.2 Å². The first kappa shape index (κ1) is 14.8. The third-order valence-electron chi connectivity index (χ3n) is 3.01. The molecular weight excluding hydrogens is 250 g/mol. The highest BCUT2D eigenvalue weighted by molar-refractivity contribution is 6.27. The molecule has 0 aliphatic carbocycles. The maximum atomic E-state index is 11.4. The van der Waals surface area contributed by atoms with Crippen LogP contribution in [0, 0.1) is 0 Å². The Hall–Kier alpha value is -1.22. The summed E-state index contributed by atoms with van der Waals surface area (Å²) in [5, 5.41) is 0. The second kappa shape index (κ2) is 7.27. The molecule has 0 heterocycles. The molecule has 0 bridgehead atoms. The van der Waals surface area contributed by atoms with E-state index in [1.165, 1.54) is 5.56 Å². The maximum absolute atomic E-state index is 11.4. The molecule has 100 valence electrons. The molecule has 0 unspecified atom stereocenters. The van der Waals surface area contributed by atoms with Crippen LogP contribution in [0.2, 0.25) is 0 Å². The first-order valence-electron chi connectivity index (χ1n) is 6.08. The van der Waals surface area contributed by atoms with Gasteiger partial charge in [0.05, 0.1) is 7.11 Å². The van der Waals surface area contributed by atoms with Gasteiger partial charge in [0, 0.05) is 13.6 Å². The normalized spacial score (nSPS) is 10.2. The molecular formula is C14H20ClNO2. The fourth-order valence-electron chi connectivity index (χ4n) is 1.76. The van der Waals surface area contributed by atoms with Crippen LogP contribution in [0.5, 0.6) is 5.75 Å². The van der Waals surface area contributed by atoms with E-state index in [-0.39, 0.29) is 11.8 Å². The highest BCUT2D eigenvalue weighted by atomic mass is 35.5. The van der Waals surface area contributed by atoms with Gasteiger partial charge in [0.25, 0.3) is 0 Å². The van der Waals surface area contributed by atoms with Crippen LogP contribution < -0.4 is 4.74 Å². The molecule has 0 atom stereocenters. The van der Waals surface area contributed by atoms with E-state index in [1.54, 1.807) is 19.1 Å². The van der Waals surface area contributed by atoms with Crippen molar-refractivity contribution in [2.75, 3.05) is 26.6 Å². The fourth-order valence-corrected chi connectivity index (χ4v) is 1.97. The van der Waals surface area contributed by atoms with Crippen LogP contribution in [0.25, 0.3) is 0 Å². The number of amides is 1. The molecule has 4 heteroatoms. The van der Waals surface area contributed by atoms with Gasteiger partial charge < -0.3 is 9.64 Å². The topological polar surface area (TPSA) is 29.5 Å². The number of halogens is 1. The smallest absolute Gasteiger partial charge is 0.237 e. The number of alkyl halides is 1. The summed E-state index contributed by atoms with van der Waals surface area (Å²) in [5.41, 5.74) is 2.41. The molecule has 0 saturated heterocycles. The van der Waals surface area contributed by atoms with Crippen molar-refractivity contribution in [3.05, 3.63) is 29.3 Å². The van der Waals surface area contributed by atoms with Gasteiger partial charge in [-0.1, -0.05) is 19.1 Å². The Morgan fingerprint density at radius 2 is 2.17 bits per heavy atom. The molecule has 1 aromatic carbocycles. The number of nitrogens with zero attached hydrogens (tertiary/aromatic N) is 1. The predicted octanol–water partition coefficient (Wildman–Crippen LogP) is 2.50. The third kappa shape index (κ3) is 3.91. The Morgan fingerprint density at radius 1 is 1.44 bits per heavy atom. The fraction of sp³-hybridized carbons (Fsp3) is 0.500. The number of carbonyl (C=O) groups is 1. The lowest BCUT2D eigenvalue weighted by Gasteiger charge is -2.17. The van der Waals surface area contributed by atoms with Gasteiger partial charge in [0.2, 0.25) is 5.91 Å². The van der Waals surface area contributed by atoms with Gasteiger partial charge in [-0.15, -0.1) is 11.6 Å². The molecule has 1 aromatic rings. The largest absolute Gasteiger partial charge is 0.496 e. The highest BCUT2D eigenvalue weighted by Gasteiger charge is 2.09. The zero-order valence-electron chi connectivity index (χ0n) is 11.2. The second-order valence-electron chi connectivity index (χ2n) is 4.20. The third-order valence-corrected chi connectivity index (χ3v) is 3.24. The van der Waals surface area contributed by atoms with Crippen molar-refractivity contribution in [2.45, 2.75) is 19.8 Å². The van der Waals surface area contributed by atoms with Gasteiger partial charge >= 0.3 is 0 Å². The van der Waals surface area contributed by atoms with E-state index in [1.807, 2.05) is 6.07 Å². The average molecular weight is 270 g/mol. The van der Waals surface area contributed by atoms with E-state index in [0.29, 0.717) is 6.54 Å². The summed E-state index contributed by atoms with van der Waals surface area (Å²) < 4.78 is 5.33. The maximum Gasteiger partial charge on any atom is 0.237 e. The molecule has 3 nitrogen and oxygen atoms in total. The summed E-state index contributed by atoms with van der Waals surface area (Å²) in [6, 6.07) is 6.19. The van der Waals surface area contributed by atoms with E-state index < -0.39 is 0 Å². The summed E-state index contributed by atoms with van der Waals surface area (Å²) in [6.45, 7) is 2.77. The Morgan fingerprint density at radius 3 is 2.72 bits per heavy atom. The Labute approximate surface area is 114 Å². The number of hydrogen-bond donors (Lipinski definition) is 0. The quantitative estimate of drug-likeness (QED) is 0.743. The van der Waals surface area contributed by atoms with Crippen LogP contribution in [-0.4, -0.2) is 37.4 Å². The van der Waals surface area contributed by atoms with Gasteiger partial charge in [-0.2, -0.15) is 0 Å². The Balaban J connectivity index is 2.73. The van der Waals surface area contributed by atoms with Crippen LogP contribution >= 0.6 is 11.6 Å². The van der Waals surface area contributed by atoms with Crippen molar-refractivity contribution in [2.24, 2.45) is 0 Å². The minimum absolute atomic E-state index is 0.0304. The molecule has 0 N–H and O–H groups in total. The number of aryl methyl sites for hydroxylation is 1. The standard InChI is InChI=1S/C14H20ClNO2/c1-4-11-5-6-13(18-3)12(9-11)7-8-16(2)14(17)10-15/h5-6,9H,4,7-8,10H2,1-3H3. The zero-order valence-corrected chi connectivity index (χ0v) is 12.0. The molecule has 18 heavy (non-hydrogen) atoms. The first-order valence-corrected chi connectivity index (χ1v) is 6.61. The molecule has 0 aliphatic heterocycles. The van der Waals surface area contributed by atoms with Crippen molar-refractivity contribution in [1.29, 1.82) is 0 Å². The van der Waals surface area contributed by atoms with Crippen LogP contribution in [0.3, 0.4) is 0 Å². The number of hydrogen-bond acceptors (Lipinski definition) is 2. The highest BCUT2D eigenvalue weighted by Crippen LogP contribution is 2.21. The SMILES string of the molecule is CCc1ccc(OC)c(CCN(C)C(=O)CCl)c1. The summed E-state index contributed by atoms with van der Waals surface area (Å²) in [4.78, 5) is 13.0. The van der Waals surface area contributed by atoms with E-state index in [4.69, 9.17) is 16.3 Å². The molecule has 0 aromatic heterocycles. The molecule has 0 radical (unpaired) electrons. The summed E-state index contributed by atoms with van der Waals surface area (Å²) >= 11 is 5.52. The summed E-state index contributed by atoms with van der Waals surface area (Å²) in [6.07, 6.45) is 1.77. The van der Waals surface area contributed by atoms with Gasteiger partial charge in [-0.05, 0) is 30.0 Å². The number of likely N-dealkylation sites (N-methyl/N-ethyl adjacent to an activating group) is 1. The summed E-state index contributed by atoms with van der Waals surface area (Å²) in [5.74, 6) is 0.851. The number of methoxy groups -OCH3 is 1. The van der Waals surface area contributed by atoms with Crippen LogP contribution in [0.1, 0.15) is 18.1 Å². The average Bonchev–Trinajstić information content (AvgIpc) is 2.43.